The third-order valence-electron chi connectivity index (χ3n) is 5.14. The van der Waals surface area contributed by atoms with Crippen LogP contribution in [-0.2, 0) is 0 Å². The standard InChI is InChI=1S/C18H26N2O/c1-3-6-13(4-2)18(21)17-15(14-7-5-8-14)9-10-20-12-19-11-16(17)20/h9-14,18,21H,3-8H2,1-2H3. The lowest BCUT2D eigenvalue weighted by molar-refractivity contribution is 0.0991. The molecule has 1 saturated carbocycles. The molecule has 2 unspecified atom stereocenters. The van der Waals surface area contributed by atoms with Crippen LogP contribution in [0.5, 0.6) is 0 Å². The summed E-state index contributed by atoms with van der Waals surface area (Å²) < 4.78 is 2.04. The minimum atomic E-state index is -0.369. The van der Waals surface area contributed by atoms with E-state index in [4.69, 9.17) is 0 Å². The first kappa shape index (κ1) is 14.6. The maximum Gasteiger partial charge on any atom is 0.0992 e. The second kappa shape index (κ2) is 6.18. The molecule has 0 bridgehead atoms. The van der Waals surface area contributed by atoms with Crippen molar-refractivity contribution in [3.05, 3.63) is 35.9 Å². The van der Waals surface area contributed by atoms with Crippen LogP contribution in [0.15, 0.2) is 24.8 Å². The van der Waals surface area contributed by atoms with Crippen molar-refractivity contribution in [1.29, 1.82) is 0 Å². The van der Waals surface area contributed by atoms with Crippen molar-refractivity contribution in [2.24, 2.45) is 5.92 Å². The number of aliphatic hydroxyl groups excluding tert-OH is 1. The van der Waals surface area contributed by atoms with Crippen molar-refractivity contribution in [2.45, 2.75) is 64.4 Å². The lowest BCUT2D eigenvalue weighted by Crippen LogP contribution is -2.19. The Kier molecular flexibility index (Phi) is 4.29. The van der Waals surface area contributed by atoms with Crippen LogP contribution < -0.4 is 0 Å². The predicted molar refractivity (Wildman–Crippen MR) is 85.4 cm³/mol. The number of hydrogen-bond donors (Lipinski definition) is 1. The van der Waals surface area contributed by atoms with E-state index in [1.807, 2.05) is 16.9 Å². The van der Waals surface area contributed by atoms with E-state index >= 15 is 0 Å². The van der Waals surface area contributed by atoms with Crippen LogP contribution in [0.1, 0.15) is 75.5 Å². The molecule has 3 heteroatoms. The molecule has 3 nitrogen and oxygen atoms in total. The largest absolute Gasteiger partial charge is 0.388 e. The van der Waals surface area contributed by atoms with Gasteiger partial charge in [0.1, 0.15) is 0 Å². The molecule has 21 heavy (non-hydrogen) atoms. The highest BCUT2D eigenvalue weighted by Gasteiger charge is 2.29. The Bertz CT molecular complexity index is 600. The second-order valence-electron chi connectivity index (χ2n) is 6.40. The van der Waals surface area contributed by atoms with Crippen LogP contribution in [-0.4, -0.2) is 14.5 Å². The SMILES string of the molecule is CCCC(CC)C(O)c1c(C2CCC2)ccn2cncc12. The smallest absolute Gasteiger partial charge is 0.0992 e. The quantitative estimate of drug-likeness (QED) is 0.851. The molecule has 0 aromatic carbocycles. The minimum absolute atomic E-state index is 0.343. The van der Waals surface area contributed by atoms with Gasteiger partial charge in [-0.15, -0.1) is 0 Å². The second-order valence-corrected chi connectivity index (χ2v) is 6.40. The monoisotopic (exact) mass is 286 g/mol. The maximum atomic E-state index is 11.0. The highest BCUT2D eigenvalue weighted by atomic mass is 16.3. The van der Waals surface area contributed by atoms with Gasteiger partial charge in [-0.1, -0.05) is 33.1 Å². The van der Waals surface area contributed by atoms with Crippen molar-refractivity contribution in [2.75, 3.05) is 0 Å². The number of hydrogen-bond acceptors (Lipinski definition) is 2. The van der Waals surface area contributed by atoms with Crippen LogP contribution in [0, 0.1) is 5.92 Å². The Labute approximate surface area is 127 Å². The number of aliphatic hydroxyl groups is 1. The molecular weight excluding hydrogens is 260 g/mol. The van der Waals surface area contributed by atoms with E-state index in [9.17, 15) is 5.11 Å². The Morgan fingerprint density at radius 1 is 1.38 bits per heavy atom. The van der Waals surface area contributed by atoms with Crippen LogP contribution in [0.4, 0.5) is 0 Å². The molecule has 1 aliphatic carbocycles. The van der Waals surface area contributed by atoms with Gasteiger partial charge in [-0.2, -0.15) is 0 Å². The van der Waals surface area contributed by atoms with Crippen LogP contribution >= 0.6 is 0 Å². The Hall–Kier alpha value is -1.35. The lowest BCUT2D eigenvalue weighted by Gasteiger charge is -2.31. The molecule has 2 aromatic heterocycles. The van der Waals surface area contributed by atoms with Gasteiger partial charge in [-0.05, 0) is 42.7 Å². The number of nitrogens with zero attached hydrogens (tertiary/aromatic N) is 2. The van der Waals surface area contributed by atoms with Gasteiger partial charge in [0.2, 0.25) is 0 Å². The third-order valence-corrected chi connectivity index (χ3v) is 5.14. The topological polar surface area (TPSA) is 37.5 Å². The van der Waals surface area contributed by atoms with E-state index < -0.39 is 0 Å². The molecule has 1 N–H and O–H groups in total. The summed E-state index contributed by atoms with van der Waals surface area (Å²) in [6.45, 7) is 4.38. The molecule has 0 amide bonds. The van der Waals surface area contributed by atoms with Gasteiger partial charge < -0.3 is 9.51 Å². The van der Waals surface area contributed by atoms with Crippen molar-refractivity contribution in [3.8, 4) is 0 Å². The molecule has 1 aliphatic rings. The summed E-state index contributed by atoms with van der Waals surface area (Å²) in [4.78, 5) is 4.27. The Morgan fingerprint density at radius 3 is 2.81 bits per heavy atom. The zero-order chi connectivity index (χ0) is 14.8. The van der Waals surface area contributed by atoms with Crippen molar-refractivity contribution in [1.82, 2.24) is 9.38 Å². The Balaban J connectivity index is 2.06. The molecule has 114 valence electrons. The first-order valence-electron chi connectivity index (χ1n) is 8.38. The number of pyridine rings is 1. The number of aromatic nitrogens is 2. The summed E-state index contributed by atoms with van der Waals surface area (Å²) in [5.74, 6) is 0.976. The zero-order valence-electron chi connectivity index (χ0n) is 13.1. The molecule has 0 aliphatic heterocycles. The summed E-state index contributed by atoms with van der Waals surface area (Å²) >= 11 is 0. The highest BCUT2D eigenvalue weighted by Crippen LogP contribution is 2.43. The lowest BCUT2D eigenvalue weighted by atomic mass is 9.76. The molecule has 2 aromatic rings. The third kappa shape index (κ3) is 2.59. The fraction of sp³-hybridized carbons (Fsp3) is 0.611. The van der Waals surface area contributed by atoms with Crippen LogP contribution in [0.2, 0.25) is 0 Å². The van der Waals surface area contributed by atoms with Gasteiger partial charge in [0.25, 0.3) is 0 Å². The normalized spacial score (nSPS) is 18.6. The fourth-order valence-electron chi connectivity index (χ4n) is 3.62. The van der Waals surface area contributed by atoms with E-state index in [-0.39, 0.29) is 6.10 Å². The van der Waals surface area contributed by atoms with Gasteiger partial charge in [0.05, 0.1) is 24.1 Å². The zero-order valence-corrected chi connectivity index (χ0v) is 13.1. The maximum absolute atomic E-state index is 11.0. The van der Waals surface area contributed by atoms with Gasteiger partial charge in [0, 0.05) is 11.8 Å². The van der Waals surface area contributed by atoms with Gasteiger partial charge in [-0.3, -0.25) is 0 Å². The molecule has 0 spiro atoms. The first-order valence-corrected chi connectivity index (χ1v) is 8.38. The molecule has 3 rings (SSSR count). The van der Waals surface area contributed by atoms with E-state index in [0.717, 1.165) is 30.3 Å². The molecular formula is C18H26N2O. The summed E-state index contributed by atoms with van der Waals surface area (Å²) in [6.07, 6.45) is 12.5. The van der Waals surface area contributed by atoms with Crippen molar-refractivity contribution >= 4 is 5.52 Å². The highest BCUT2D eigenvalue weighted by molar-refractivity contribution is 5.59. The van der Waals surface area contributed by atoms with Gasteiger partial charge >= 0.3 is 0 Å². The van der Waals surface area contributed by atoms with E-state index in [1.54, 1.807) is 0 Å². The molecule has 1 fully saturated rings. The summed E-state index contributed by atoms with van der Waals surface area (Å²) in [5.41, 5.74) is 3.58. The predicted octanol–water partition coefficient (Wildman–Crippen LogP) is 4.46. The van der Waals surface area contributed by atoms with Gasteiger partial charge in [-0.25, -0.2) is 4.98 Å². The first-order chi connectivity index (χ1) is 10.3. The summed E-state index contributed by atoms with van der Waals surface area (Å²) in [6, 6.07) is 2.20. The van der Waals surface area contributed by atoms with E-state index in [0.29, 0.717) is 11.8 Å². The van der Waals surface area contributed by atoms with Crippen LogP contribution in [0.25, 0.3) is 5.52 Å². The van der Waals surface area contributed by atoms with E-state index in [2.05, 4.69) is 31.1 Å². The van der Waals surface area contributed by atoms with Crippen LogP contribution in [0.3, 0.4) is 0 Å². The Morgan fingerprint density at radius 2 is 2.19 bits per heavy atom. The minimum Gasteiger partial charge on any atom is -0.388 e. The molecule has 0 radical (unpaired) electrons. The average molecular weight is 286 g/mol. The number of imidazole rings is 1. The van der Waals surface area contributed by atoms with E-state index in [1.165, 1.54) is 24.8 Å². The fourth-order valence-corrected chi connectivity index (χ4v) is 3.62. The summed E-state index contributed by atoms with van der Waals surface area (Å²) in [5, 5.41) is 11.0. The number of rotatable bonds is 6. The molecule has 0 saturated heterocycles. The van der Waals surface area contributed by atoms with Gasteiger partial charge in [0.15, 0.2) is 0 Å². The average Bonchev–Trinajstić information content (AvgIpc) is 2.90. The van der Waals surface area contributed by atoms with Crippen molar-refractivity contribution < 1.29 is 5.11 Å². The summed E-state index contributed by atoms with van der Waals surface area (Å²) in [7, 11) is 0. The van der Waals surface area contributed by atoms with Crippen molar-refractivity contribution in [3.63, 3.8) is 0 Å². The molecule has 2 atom stereocenters. The number of fused-ring (bicyclic) bond motifs is 1. The molecule has 2 heterocycles.